The van der Waals surface area contributed by atoms with Gasteiger partial charge in [0, 0.05) is 31.6 Å². The fraction of sp³-hybridized carbons (Fsp3) is 0.705. The Hall–Kier alpha value is -3.71. The van der Waals surface area contributed by atoms with Gasteiger partial charge in [0.1, 0.15) is 17.8 Å². The summed E-state index contributed by atoms with van der Waals surface area (Å²) in [6.07, 6.45) is 12.7. The molecule has 0 aromatic heterocycles. The number of ether oxygens (including phenoxy) is 3. The predicted molar refractivity (Wildman–Crippen MR) is 221 cm³/mol. The maximum absolute atomic E-state index is 13.7. The summed E-state index contributed by atoms with van der Waals surface area (Å²) in [7, 11) is 0. The molecule has 4 aliphatic heterocycles. The summed E-state index contributed by atoms with van der Waals surface area (Å²) < 4.78 is 43.7. The first-order valence-electron chi connectivity index (χ1n) is 19.9. The fourth-order valence-electron chi connectivity index (χ4n) is 7.66. The van der Waals surface area contributed by atoms with E-state index in [1.165, 1.54) is 4.90 Å². The normalized spacial score (nSPS) is 23.5. The van der Waals surface area contributed by atoms with Crippen LogP contribution in [0.2, 0.25) is 0 Å². The average molecular weight is 807 g/mol. The van der Waals surface area contributed by atoms with Gasteiger partial charge < -0.3 is 34.4 Å². The Labute approximate surface area is 341 Å². The van der Waals surface area contributed by atoms with Gasteiger partial charge in [0.05, 0.1) is 19.2 Å². The van der Waals surface area contributed by atoms with E-state index in [0.29, 0.717) is 26.1 Å². The zero-order valence-corrected chi connectivity index (χ0v) is 33.7. The Morgan fingerprint density at radius 3 is 1.79 bits per heavy atom. The number of alkyl halides is 2. The highest BCUT2D eigenvalue weighted by Gasteiger charge is 2.50. The smallest absolute Gasteiger partial charge is 0.410 e. The van der Waals surface area contributed by atoms with Gasteiger partial charge in [-0.3, -0.25) is 4.90 Å². The Morgan fingerprint density at radius 2 is 1.28 bits per heavy atom. The minimum atomic E-state index is -2.80. The maximum atomic E-state index is 13.7. The number of benzene rings is 1. The van der Waals surface area contributed by atoms with Crippen molar-refractivity contribution in [2.75, 3.05) is 39.3 Å². The van der Waals surface area contributed by atoms with Gasteiger partial charge in [-0.25, -0.2) is 23.2 Å². The third-order valence-corrected chi connectivity index (χ3v) is 10.2. The molecule has 1 aliphatic carbocycles. The number of rotatable bonds is 4. The van der Waals surface area contributed by atoms with Gasteiger partial charge in [-0.2, -0.15) is 0 Å². The number of hydrogen-bond donors (Lipinski definition) is 2. The summed E-state index contributed by atoms with van der Waals surface area (Å²) >= 11 is 0. The van der Waals surface area contributed by atoms with E-state index in [9.17, 15) is 28.3 Å². The molecule has 11 nitrogen and oxygen atoms in total. The molecule has 4 heterocycles. The van der Waals surface area contributed by atoms with Crippen LogP contribution in [0, 0.1) is 11.8 Å². The van der Waals surface area contributed by atoms with Gasteiger partial charge in [0.25, 0.3) is 5.92 Å². The summed E-state index contributed by atoms with van der Waals surface area (Å²) in [5.74, 6) is -2.43. The van der Waals surface area contributed by atoms with E-state index < -0.39 is 41.9 Å². The summed E-state index contributed by atoms with van der Waals surface area (Å²) in [4.78, 5) is 41.7. The summed E-state index contributed by atoms with van der Waals surface area (Å²) in [5, 5.41) is 13.4. The number of hydrogen-bond acceptors (Lipinski definition) is 8. The molecule has 4 fully saturated rings. The molecule has 0 saturated carbocycles. The van der Waals surface area contributed by atoms with Gasteiger partial charge in [0.2, 0.25) is 0 Å². The van der Waals surface area contributed by atoms with Crippen LogP contribution >= 0.6 is 0 Å². The van der Waals surface area contributed by atoms with E-state index in [2.05, 4.69) is 29.6 Å². The molecule has 4 saturated heterocycles. The van der Waals surface area contributed by atoms with Crippen LogP contribution in [-0.2, 0) is 20.8 Å². The Kier molecular flexibility index (Phi) is 19.5. The third-order valence-electron chi connectivity index (χ3n) is 10.2. The van der Waals surface area contributed by atoms with Crippen molar-refractivity contribution in [3.05, 3.63) is 60.2 Å². The quantitative estimate of drug-likeness (QED) is 0.228. The number of amides is 3. The van der Waals surface area contributed by atoms with E-state index in [-0.39, 0.29) is 57.9 Å². The first-order valence-corrected chi connectivity index (χ1v) is 19.9. The lowest BCUT2D eigenvalue weighted by molar-refractivity contribution is -0.00304. The van der Waals surface area contributed by atoms with Gasteiger partial charge in [-0.15, -0.1) is 0 Å². The molecule has 1 aromatic rings. The number of aliphatic hydroxyl groups excluding tert-OH is 1. The van der Waals surface area contributed by atoms with Crippen molar-refractivity contribution in [2.24, 2.45) is 11.8 Å². The van der Waals surface area contributed by atoms with Gasteiger partial charge in [-0.1, -0.05) is 69.5 Å². The lowest BCUT2D eigenvalue weighted by Gasteiger charge is -2.37. The van der Waals surface area contributed by atoms with E-state index in [1.807, 2.05) is 51.1 Å². The van der Waals surface area contributed by atoms with Crippen molar-refractivity contribution in [1.29, 1.82) is 0 Å². The van der Waals surface area contributed by atoms with Gasteiger partial charge in [0.15, 0.2) is 0 Å². The molecule has 2 N–H and O–H groups in total. The van der Waals surface area contributed by atoms with Crippen molar-refractivity contribution >= 4 is 18.3 Å². The fourth-order valence-corrected chi connectivity index (χ4v) is 7.66. The number of piperidine rings is 2. The highest BCUT2D eigenvalue weighted by Crippen LogP contribution is 2.39. The van der Waals surface area contributed by atoms with Crippen molar-refractivity contribution in [3.63, 3.8) is 0 Å². The monoisotopic (exact) mass is 807 g/mol. The van der Waals surface area contributed by atoms with E-state index in [1.54, 1.807) is 30.6 Å². The predicted octanol–water partition coefficient (Wildman–Crippen LogP) is 9.20. The third kappa shape index (κ3) is 16.6. The highest BCUT2D eigenvalue weighted by atomic mass is 19.3. The molecule has 324 valence electrons. The van der Waals surface area contributed by atoms with Crippen molar-refractivity contribution < 1.29 is 42.5 Å². The van der Waals surface area contributed by atoms with E-state index in [0.717, 1.165) is 57.2 Å². The number of carbonyl (C=O) groups is 3. The number of nitrogens with one attached hydrogen (secondary N) is 1. The standard InChI is InChI=1S/C22H32N2O5.C14H24F2N2O2.C6H8.2CH4/c1-22(2,3)29-21(27)24-14-18(25)13-19(24)17-9-11-23(12-10-17)20(26)28-15-16-7-5-4-6-8-16;1-13(2,3)20-12(19)18-9-14(15,16)8-11(18)10-4-6-17-7-5-10;1-2-4-6-5-3-1;;/h4-8,17-19,25H,9-15H2,1-3H3;10-11,17H,4-9H2,1-3H3;1-2,5-6H,3-4H2;2*1H4/t18-,19+;11-;;;/m10.../s1. The maximum Gasteiger partial charge on any atom is 0.410 e. The zero-order valence-electron chi connectivity index (χ0n) is 33.7. The Morgan fingerprint density at radius 1 is 0.772 bits per heavy atom. The largest absolute Gasteiger partial charge is 0.445 e. The van der Waals surface area contributed by atoms with Crippen LogP contribution in [-0.4, -0.2) is 113 Å². The van der Waals surface area contributed by atoms with Crippen molar-refractivity contribution in [2.45, 2.75) is 150 Å². The zero-order chi connectivity index (χ0) is 40.2. The lowest BCUT2D eigenvalue weighted by atomic mass is 9.88. The molecule has 3 amide bonds. The molecule has 57 heavy (non-hydrogen) atoms. The van der Waals surface area contributed by atoms with E-state index in [4.69, 9.17) is 14.2 Å². The highest BCUT2D eigenvalue weighted by molar-refractivity contribution is 5.70. The Bertz CT molecular complexity index is 1410. The number of allylic oxidation sites excluding steroid dienone is 4. The second-order valence-corrected chi connectivity index (χ2v) is 17.2. The van der Waals surface area contributed by atoms with Crippen molar-refractivity contribution in [1.82, 2.24) is 20.0 Å². The Balaban J connectivity index is 0.000000347. The van der Waals surface area contributed by atoms with Crippen LogP contribution in [0.1, 0.15) is 113 Å². The molecular formula is C44H72F2N4O7. The average Bonchev–Trinajstić information content (AvgIpc) is 3.70. The summed E-state index contributed by atoms with van der Waals surface area (Å²) in [6.45, 7) is 13.7. The number of aliphatic hydroxyl groups is 1. The molecule has 1 aromatic carbocycles. The SMILES string of the molecule is C.C.C1=CCC=CC1.CC(C)(C)OC(=O)N1CC(F)(F)C[C@H]1C1CCNCC1.CC(C)(C)OC(=O)N1C[C@H](O)C[C@H]1C1CCN(C(=O)OCc2ccccc2)CC1. The minimum absolute atomic E-state index is 0. The van der Waals surface area contributed by atoms with Crippen LogP contribution in [0.3, 0.4) is 0 Å². The molecule has 3 atom stereocenters. The van der Waals surface area contributed by atoms with Crippen LogP contribution in [0.25, 0.3) is 0 Å². The number of likely N-dealkylation sites (tertiary alicyclic amines) is 3. The molecule has 0 spiro atoms. The van der Waals surface area contributed by atoms with Crippen LogP contribution in [0.5, 0.6) is 0 Å². The van der Waals surface area contributed by atoms with E-state index >= 15 is 0 Å². The molecule has 5 aliphatic rings. The second-order valence-electron chi connectivity index (χ2n) is 17.2. The summed E-state index contributed by atoms with van der Waals surface area (Å²) in [5.41, 5.74) is -0.266. The number of carbonyl (C=O) groups excluding carboxylic acids is 3. The molecule has 0 bridgehead atoms. The number of halogens is 2. The molecule has 6 rings (SSSR count). The van der Waals surface area contributed by atoms with Crippen molar-refractivity contribution in [3.8, 4) is 0 Å². The van der Waals surface area contributed by atoms with Crippen LogP contribution in [0.15, 0.2) is 54.6 Å². The second kappa shape index (κ2) is 22.4. The topological polar surface area (TPSA) is 121 Å². The van der Waals surface area contributed by atoms with Crippen LogP contribution < -0.4 is 5.32 Å². The summed E-state index contributed by atoms with van der Waals surface area (Å²) in [6, 6.07) is 9.16. The number of nitrogens with zero attached hydrogens (tertiary/aromatic N) is 3. The minimum Gasteiger partial charge on any atom is -0.445 e. The van der Waals surface area contributed by atoms with Gasteiger partial charge in [-0.05, 0) is 117 Å². The van der Waals surface area contributed by atoms with Gasteiger partial charge >= 0.3 is 18.3 Å². The first kappa shape index (κ1) is 49.4. The molecule has 13 heteroatoms. The number of β-amino-alcohol motifs (C(OH)–C–C–N with tert-alkyl or cyclic N) is 1. The van der Waals surface area contributed by atoms with Crippen LogP contribution in [0.4, 0.5) is 23.2 Å². The molecule has 0 unspecified atom stereocenters. The lowest BCUT2D eigenvalue weighted by Crippen LogP contribution is -2.47. The molecule has 0 radical (unpaired) electrons. The molecular weight excluding hydrogens is 735 g/mol. The first-order chi connectivity index (χ1) is 25.9.